The monoisotopic (exact) mass is 345 g/mol. The van der Waals surface area contributed by atoms with Crippen LogP contribution in [-0.4, -0.2) is 17.6 Å². The maximum atomic E-state index is 12.2. The fourth-order valence-corrected chi connectivity index (χ4v) is 3.36. The zero-order valence-electron chi connectivity index (χ0n) is 13.4. The Bertz CT molecular complexity index is 805. The predicted molar refractivity (Wildman–Crippen MR) is 96.3 cm³/mol. The van der Waals surface area contributed by atoms with E-state index in [2.05, 4.69) is 9.88 Å². The zero-order valence-corrected chi connectivity index (χ0v) is 14.2. The van der Waals surface area contributed by atoms with Gasteiger partial charge in [-0.15, -0.1) is 12.4 Å². The Morgan fingerprint density at radius 3 is 2.58 bits per heavy atom. The predicted octanol–water partition coefficient (Wildman–Crippen LogP) is 3.09. The van der Waals surface area contributed by atoms with Crippen LogP contribution in [0.5, 0.6) is 5.75 Å². The molecule has 1 fully saturated rings. The number of hydrogen-bond acceptors (Lipinski definition) is 3. The van der Waals surface area contributed by atoms with Crippen LogP contribution in [-0.2, 0) is 6.54 Å². The van der Waals surface area contributed by atoms with Gasteiger partial charge in [-0.1, -0.05) is 12.1 Å². The second kappa shape index (κ2) is 6.24. The van der Waals surface area contributed by atoms with Gasteiger partial charge in [-0.2, -0.15) is 0 Å². The first kappa shape index (κ1) is 16.5. The van der Waals surface area contributed by atoms with E-state index in [0.29, 0.717) is 18.0 Å². The molecule has 0 atom stereocenters. The summed E-state index contributed by atoms with van der Waals surface area (Å²) in [4.78, 5) is 12.2. The molecule has 5 nitrogen and oxygen atoms in total. The van der Waals surface area contributed by atoms with Gasteiger partial charge in [0.05, 0.1) is 24.9 Å². The van der Waals surface area contributed by atoms with Gasteiger partial charge in [-0.05, 0) is 30.5 Å². The van der Waals surface area contributed by atoms with Crippen molar-refractivity contribution in [2.45, 2.75) is 25.3 Å². The fraction of sp³-hybridized carbons (Fsp3) is 0.278. The number of nitrogens with two attached hydrogens (primary N) is 1. The highest BCUT2D eigenvalue weighted by molar-refractivity contribution is 6.03. The van der Waals surface area contributed by atoms with Gasteiger partial charge in [-0.3, -0.25) is 4.79 Å². The molecule has 24 heavy (non-hydrogen) atoms. The van der Waals surface area contributed by atoms with Crippen LogP contribution < -0.4 is 15.8 Å². The van der Waals surface area contributed by atoms with Crippen molar-refractivity contribution in [3.8, 4) is 16.9 Å². The second-order valence-corrected chi connectivity index (χ2v) is 6.02. The van der Waals surface area contributed by atoms with Gasteiger partial charge in [-0.25, -0.2) is 0 Å². The molecule has 4 rings (SSSR count). The molecule has 1 amide bonds. The zero-order chi connectivity index (χ0) is 16.0. The van der Waals surface area contributed by atoms with Crippen molar-refractivity contribution in [1.29, 1.82) is 0 Å². The van der Waals surface area contributed by atoms with Crippen LogP contribution in [0.15, 0.2) is 30.5 Å². The van der Waals surface area contributed by atoms with Crippen molar-refractivity contribution in [3.63, 3.8) is 0 Å². The summed E-state index contributed by atoms with van der Waals surface area (Å²) in [6.45, 7) is 0.616. The number of primary amides is 1. The van der Waals surface area contributed by atoms with Gasteiger partial charge < -0.3 is 20.4 Å². The van der Waals surface area contributed by atoms with Crippen LogP contribution in [0.2, 0.25) is 0 Å². The summed E-state index contributed by atoms with van der Waals surface area (Å²) < 4.78 is 7.38. The molecule has 1 aliphatic heterocycles. The highest BCUT2D eigenvalue weighted by atomic mass is 35.5. The van der Waals surface area contributed by atoms with Crippen molar-refractivity contribution < 1.29 is 9.53 Å². The number of fused-ring (bicyclic) bond motifs is 1. The van der Waals surface area contributed by atoms with E-state index < -0.39 is 0 Å². The first-order valence-corrected chi connectivity index (χ1v) is 7.82. The minimum absolute atomic E-state index is 0. The molecule has 6 heteroatoms. The number of nitrogens with one attached hydrogen (secondary N) is 1. The molecule has 0 saturated heterocycles. The number of nitrogens with zero attached hydrogens (tertiary/aromatic N) is 1. The SMILES string of the molecule is COc1ccc(-c2c(C(N)=O)c3n(c2C2CC2)C=CNC3)cc1.Cl. The first-order chi connectivity index (χ1) is 11.2. The van der Waals surface area contributed by atoms with Crippen LogP contribution in [0, 0.1) is 0 Å². The fourth-order valence-electron chi connectivity index (χ4n) is 3.36. The maximum absolute atomic E-state index is 12.2. The van der Waals surface area contributed by atoms with Crippen molar-refractivity contribution >= 4 is 24.5 Å². The summed E-state index contributed by atoms with van der Waals surface area (Å²) in [5.41, 5.74) is 10.5. The molecular formula is C18H20ClN3O2. The van der Waals surface area contributed by atoms with E-state index in [0.717, 1.165) is 35.4 Å². The highest BCUT2D eigenvalue weighted by Gasteiger charge is 2.35. The van der Waals surface area contributed by atoms with Gasteiger partial charge >= 0.3 is 0 Å². The summed E-state index contributed by atoms with van der Waals surface area (Å²) in [7, 11) is 1.65. The summed E-state index contributed by atoms with van der Waals surface area (Å²) in [5, 5.41) is 3.18. The number of aromatic nitrogens is 1. The standard InChI is InChI=1S/C18H19N3O2.ClH/c1-23-13-6-4-11(5-7-13)15-16(18(19)22)14-10-20-8-9-21(14)17(15)12-2-3-12;/h4-9,12,20H,2-3,10H2,1H3,(H2,19,22);1H. The van der Waals surface area contributed by atoms with Crippen LogP contribution in [0.4, 0.5) is 0 Å². The Morgan fingerprint density at radius 2 is 2.00 bits per heavy atom. The smallest absolute Gasteiger partial charge is 0.251 e. The van der Waals surface area contributed by atoms with Gasteiger partial charge in [0.15, 0.2) is 0 Å². The van der Waals surface area contributed by atoms with Gasteiger partial charge in [0.1, 0.15) is 5.75 Å². The van der Waals surface area contributed by atoms with E-state index in [9.17, 15) is 4.79 Å². The second-order valence-electron chi connectivity index (χ2n) is 6.02. The summed E-state index contributed by atoms with van der Waals surface area (Å²) in [6, 6.07) is 7.83. The lowest BCUT2D eigenvalue weighted by Crippen LogP contribution is -2.20. The maximum Gasteiger partial charge on any atom is 0.251 e. The van der Waals surface area contributed by atoms with E-state index in [-0.39, 0.29) is 18.3 Å². The lowest BCUT2D eigenvalue weighted by Gasteiger charge is -2.14. The van der Waals surface area contributed by atoms with Crippen molar-refractivity contribution in [2.24, 2.45) is 5.73 Å². The van der Waals surface area contributed by atoms with E-state index in [1.165, 1.54) is 5.69 Å². The molecule has 1 aliphatic carbocycles. The van der Waals surface area contributed by atoms with Crippen LogP contribution in [0.25, 0.3) is 17.3 Å². The lowest BCUT2D eigenvalue weighted by molar-refractivity contribution is 0.1000. The van der Waals surface area contributed by atoms with Crippen LogP contribution >= 0.6 is 12.4 Å². The minimum Gasteiger partial charge on any atom is -0.497 e. The van der Waals surface area contributed by atoms with Crippen molar-refractivity contribution in [3.05, 3.63) is 47.4 Å². The van der Waals surface area contributed by atoms with Gasteiger partial charge in [0, 0.05) is 29.6 Å². The number of carbonyl (C=O) groups is 1. The van der Waals surface area contributed by atoms with E-state index >= 15 is 0 Å². The number of carbonyl (C=O) groups excluding carboxylic acids is 1. The lowest BCUT2D eigenvalue weighted by atomic mass is 9.97. The molecule has 1 aromatic carbocycles. The Labute approximate surface area is 146 Å². The molecule has 2 aromatic rings. The van der Waals surface area contributed by atoms with E-state index in [4.69, 9.17) is 10.5 Å². The highest BCUT2D eigenvalue weighted by Crippen LogP contribution is 2.48. The van der Waals surface area contributed by atoms with Gasteiger partial charge in [0.25, 0.3) is 5.91 Å². The number of hydrogen-bond donors (Lipinski definition) is 2. The average Bonchev–Trinajstić information content (AvgIpc) is 3.35. The van der Waals surface area contributed by atoms with Crippen LogP contribution in [0.3, 0.4) is 0 Å². The molecule has 126 valence electrons. The third kappa shape index (κ3) is 2.55. The Morgan fingerprint density at radius 1 is 1.29 bits per heavy atom. The number of halogens is 1. The molecule has 0 radical (unpaired) electrons. The van der Waals surface area contributed by atoms with Crippen LogP contribution in [0.1, 0.15) is 40.5 Å². The number of methoxy groups -OCH3 is 1. The number of rotatable bonds is 4. The van der Waals surface area contributed by atoms with Gasteiger partial charge in [0.2, 0.25) is 0 Å². The summed E-state index contributed by atoms with van der Waals surface area (Å²) >= 11 is 0. The summed E-state index contributed by atoms with van der Waals surface area (Å²) in [6.07, 6.45) is 6.23. The summed E-state index contributed by atoms with van der Waals surface area (Å²) in [5.74, 6) is 0.929. The van der Waals surface area contributed by atoms with Crippen molar-refractivity contribution in [2.75, 3.05) is 7.11 Å². The molecule has 0 spiro atoms. The molecule has 1 aromatic heterocycles. The third-order valence-electron chi connectivity index (χ3n) is 4.55. The van der Waals surface area contributed by atoms with E-state index in [1.54, 1.807) is 7.11 Å². The molecule has 2 aliphatic rings. The average molecular weight is 346 g/mol. The minimum atomic E-state index is -0.372. The largest absolute Gasteiger partial charge is 0.497 e. The normalized spacial score (nSPS) is 15.2. The topological polar surface area (TPSA) is 69.3 Å². The Balaban J connectivity index is 0.00000169. The number of benzene rings is 1. The molecule has 0 unspecified atom stereocenters. The molecular weight excluding hydrogens is 326 g/mol. The molecule has 3 N–H and O–H groups in total. The quantitative estimate of drug-likeness (QED) is 0.894. The third-order valence-corrected chi connectivity index (χ3v) is 4.55. The Hall–Kier alpha value is -2.40. The first-order valence-electron chi connectivity index (χ1n) is 7.82. The van der Waals surface area contributed by atoms with Crippen molar-refractivity contribution in [1.82, 2.24) is 9.88 Å². The molecule has 0 bridgehead atoms. The van der Waals surface area contributed by atoms with E-state index in [1.807, 2.05) is 36.7 Å². The Kier molecular flexibility index (Phi) is 4.28. The number of amides is 1. The number of ether oxygens (including phenoxy) is 1. The molecule has 1 saturated carbocycles. The molecule has 2 heterocycles.